The van der Waals surface area contributed by atoms with Crippen LogP contribution in [0.3, 0.4) is 0 Å². The van der Waals surface area contributed by atoms with Crippen molar-refractivity contribution in [2.75, 3.05) is 12.8 Å². The lowest BCUT2D eigenvalue weighted by molar-refractivity contribution is -0.118. The van der Waals surface area contributed by atoms with Gasteiger partial charge < -0.3 is 5.32 Å². The number of hydrogen-bond donors (Lipinski definition) is 1. The van der Waals surface area contributed by atoms with Gasteiger partial charge in [0.15, 0.2) is 5.16 Å². The van der Waals surface area contributed by atoms with Crippen molar-refractivity contribution >= 4 is 17.7 Å². The third-order valence-electron chi connectivity index (χ3n) is 5.63. The number of aromatic nitrogens is 3. The van der Waals surface area contributed by atoms with E-state index in [1.807, 2.05) is 23.6 Å². The molecule has 0 bridgehead atoms. The summed E-state index contributed by atoms with van der Waals surface area (Å²) in [5, 5.41) is 12.3. The average Bonchev–Trinajstić information content (AvgIpc) is 3.13. The van der Waals surface area contributed by atoms with E-state index in [4.69, 9.17) is 0 Å². The lowest BCUT2D eigenvalue weighted by Crippen LogP contribution is -2.28. The molecule has 0 aliphatic rings. The van der Waals surface area contributed by atoms with Crippen molar-refractivity contribution in [2.24, 2.45) is 0 Å². The van der Waals surface area contributed by atoms with Crippen molar-refractivity contribution in [1.29, 1.82) is 0 Å². The number of carbonyl (C=O) groups is 1. The van der Waals surface area contributed by atoms with Crippen molar-refractivity contribution in [3.05, 3.63) is 70.5 Å². The Balaban J connectivity index is 1.63. The first-order chi connectivity index (χ1) is 15.3. The second-order valence-corrected chi connectivity index (χ2v) is 9.44. The Bertz CT molecular complexity index is 1080. The SMILES string of the molecule is Cc1ccc(C)c(-n2c(C)nnc2SCC(=O)NCc2ccccc2CN(C)C(C)C)c1. The summed E-state index contributed by atoms with van der Waals surface area (Å²) in [4.78, 5) is 14.9. The molecule has 3 aromatic rings. The van der Waals surface area contributed by atoms with Crippen LogP contribution in [0.2, 0.25) is 0 Å². The van der Waals surface area contributed by atoms with Crippen molar-refractivity contribution < 1.29 is 4.79 Å². The fraction of sp³-hybridized carbons (Fsp3) is 0.400. The van der Waals surface area contributed by atoms with E-state index in [0.717, 1.165) is 34.3 Å². The van der Waals surface area contributed by atoms with Crippen LogP contribution in [0.4, 0.5) is 0 Å². The van der Waals surface area contributed by atoms with Crippen LogP contribution in [-0.2, 0) is 17.9 Å². The lowest BCUT2D eigenvalue weighted by Gasteiger charge is -2.22. The Labute approximate surface area is 195 Å². The molecule has 0 unspecified atom stereocenters. The van der Waals surface area contributed by atoms with Crippen LogP contribution in [0.25, 0.3) is 5.69 Å². The Kier molecular flexibility index (Phi) is 8.10. The summed E-state index contributed by atoms with van der Waals surface area (Å²) >= 11 is 1.41. The van der Waals surface area contributed by atoms with Gasteiger partial charge in [-0.1, -0.05) is 48.2 Å². The van der Waals surface area contributed by atoms with Gasteiger partial charge >= 0.3 is 0 Å². The van der Waals surface area contributed by atoms with Gasteiger partial charge in [0.1, 0.15) is 5.82 Å². The zero-order valence-corrected chi connectivity index (χ0v) is 20.7. The number of carbonyl (C=O) groups excluding carboxylic acids is 1. The summed E-state index contributed by atoms with van der Waals surface area (Å²) in [6.45, 7) is 11.8. The fourth-order valence-corrected chi connectivity index (χ4v) is 4.20. The molecule has 0 saturated carbocycles. The first-order valence-electron chi connectivity index (χ1n) is 10.9. The van der Waals surface area contributed by atoms with Crippen molar-refractivity contribution in [3.8, 4) is 5.69 Å². The molecule has 0 aliphatic heterocycles. The Morgan fingerprint density at radius 1 is 1.09 bits per heavy atom. The molecule has 0 aliphatic carbocycles. The predicted molar refractivity (Wildman–Crippen MR) is 131 cm³/mol. The summed E-state index contributed by atoms with van der Waals surface area (Å²) in [6.07, 6.45) is 0. The van der Waals surface area contributed by atoms with Gasteiger partial charge in [-0.2, -0.15) is 0 Å². The van der Waals surface area contributed by atoms with Crippen LogP contribution >= 0.6 is 11.8 Å². The van der Waals surface area contributed by atoms with Gasteiger partial charge in [-0.05, 0) is 70.0 Å². The van der Waals surface area contributed by atoms with E-state index in [9.17, 15) is 4.79 Å². The van der Waals surface area contributed by atoms with Gasteiger partial charge in [0.05, 0.1) is 11.4 Å². The standard InChI is InChI=1S/C25H33N5OS/c1-17(2)29(6)15-22-10-8-7-9-21(22)14-26-24(31)16-32-25-28-27-20(5)30(25)23-13-18(3)11-12-19(23)4/h7-13,17H,14-16H2,1-6H3,(H,26,31). The molecule has 0 radical (unpaired) electrons. The third-order valence-corrected chi connectivity index (χ3v) is 6.56. The molecule has 6 nitrogen and oxygen atoms in total. The van der Waals surface area contributed by atoms with E-state index >= 15 is 0 Å². The first kappa shape index (κ1) is 24.0. The second kappa shape index (κ2) is 10.8. The number of aryl methyl sites for hydroxylation is 3. The smallest absolute Gasteiger partial charge is 0.230 e. The van der Waals surface area contributed by atoms with E-state index in [0.29, 0.717) is 12.6 Å². The van der Waals surface area contributed by atoms with Crippen LogP contribution < -0.4 is 5.32 Å². The molecular weight excluding hydrogens is 418 g/mol. The molecule has 1 aromatic heterocycles. The highest BCUT2D eigenvalue weighted by Gasteiger charge is 2.15. The summed E-state index contributed by atoms with van der Waals surface area (Å²) < 4.78 is 2.03. The minimum atomic E-state index is -0.0183. The molecule has 0 saturated heterocycles. The van der Waals surface area contributed by atoms with Gasteiger partial charge in [0, 0.05) is 19.1 Å². The minimum Gasteiger partial charge on any atom is -0.351 e. The molecule has 3 rings (SSSR count). The minimum absolute atomic E-state index is 0.0183. The molecule has 170 valence electrons. The maximum Gasteiger partial charge on any atom is 0.230 e. The van der Waals surface area contributed by atoms with Gasteiger partial charge in [-0.15, -0.1) is 10.2 Å². The normalized spacial score (nSPS) is 11.4. The maximum atomic E-state index is 12.6. The van der Waals surface area contributed by atoms with E-state index in [1.165, 1.54) is 22.9 Å². The Hall–Kier alpha value is -2.64. The number of amides is 1. The summed E-state index contributed by atoms with van der Waals surface area (Å²) in [5.41, 5.74) is 5.76. The van der Waals surface area contributed by atoms with Crippen molar-refractivity contribution in [3.63, 3.8) is 0 Å². The van der Waals surface area contributed by atoms with E-state index in [2.05, 4.69) is 85.5 Å². The van der Waals surface area contributed by atoms with Crippen LogP contribution in [0.5, 0.6) is 0 Å². The number of hydrogen-bond acceptors (Lipinski definition) is 5. The van der Waals surface area contributed by atoms with Gasteiger partial charge in [-0.3, -0.25) is 14.3 Å². The highest BCUT2D eigenvalue weighted by atomic mass is 32.2. The quantitative estimate of drug-likeness (QED) is 0.487. The molecule has 0 fully saturated rings. The number of nitrogens with zero attached hydrogens (tertiary/aromatic N) is 4. The molecule has 1 heterocycles. The highest BCUT2D eigenvalue weighted by molar-refractivity contribution is 7.99. The predicted octanol–water partition coefficient (Wildman–Crippen LogP) is 4.44. The molecule has 2 aromatic carbocycles. The second-order valence-electron chi connectivity index (χ2n) is 8.50. The molecule has 32 heavy (non-hydrogen) atoms. The fourth-order valence-electron chi connectivity index (χ4n) is 3.38. The maximum absolute atomic E-state index is 12.6. The monoisotopic (exact) mass is 451 g/mol. The largest absolute Gasteiger partial charge is 0.351 e. The summed E-state index contributed by atoms with van der Waals surface area (Å²) in [7, 11) is 2.12. The molecule has 1 N–H and O–H groups in total. The first-order valence-corrected chi connectivity index (χ1v) is 11.9. The third kappa shape index (κ3) is 5.99. The van der Waals surface area contributed by atoms with Gasteiger partial charge in [0.2, 0.25) is 5.91 Å². The molecule has 0 spiro atoms. The molecular formula is C25H33N5OS. The zero-order valence-electron chi connectivity index (χ0n) is 19.8. The van der Waals surface area contributed by atoms with Crippen molar-refractivity contribution in [2.45, 2.75) is 58.9 Å². The summed E-state index contributed by atoms with van der Waals surface area (Å²) in [6, 6.07) is 15.1. The van der Waals surface area contributed by atoms with Gasteiger partial charge in [-0.25, -0.2) is 0 Å². The lowest BCUT2D eigenvalue weighted by atomic mass is 10.1. The van der Waals surface area contributed by atoms with Crippen molar-refractivity contribution in [1.82, 2.24) is 25.0 Å². The molecule has 7 heteroatoms. The van der Waals surface area contributed by atoms with E-state index in [-0.39, 0.29) is 11.7 Å². The van der Waals surface area contributed by atoms with Crippen LogP contribution in [0.1, 0.15) is 41.9 Å². The molecule has 0 atom stereocenters. The van der Waals surface area contributed by atoms with Crippen LogP contribution in [-0.4, -0.2) is 44.4 Å². The Morgan fingerprint density at radius 3 is 2.53 bits per heavy atom. The van der Waals surface area contributed by atoms with Crippen LogP contribution in [0, 0.1) is 20.8 Å². The van der Waals surface area contributed by atoms with Crippen LogP contribution in [0.15, 0.2) is 47.6 Å². The highest BCUT2D eigenvalue weighted by Crippen LogP contribution is 2.25. The molecule has 1 amide bonds. The average molecular weight is 452 g/mol. The summed E-state index contributed by atoms with van der Waals surface area (Å²) in [5.74, 6) is 1.08. The Morgan fingerprint density at radius 2 is 1.81 bits per heavy atom. The van der Waals surface area contributed by atoms with E-state index < -0.39 is 0 Å². The van der Waals surface area contributed by atoms with E-state index in [1.54, 1.807) is 0 Å². The topological polar surface area (TPSA) is 63.1 Å². The number of rotatable bonds is 9. The number of nitrogens with one attached hydrogen (secondary N) is 1. The van der Waals surface area contributed by atoms with Gasteiger partial charge in [0.25, 0.3) is 0 Å². The number of thioether (sulfide) groups is 1. The zero-order chi connectivity index (χ0) is 23.3. The number of benzene rings is 2.